The highest BCUT2D eigenvalue weighted by Crippen LogP contribution is 2.25. The number of aliphatic carboxylic acids is 1. The molecule has 2 rings (SSSR count). The highest BCUT2D eigenvalue weighted by molar-refractivity contribution is 5.84. The Kier molecular flexibility index (Phi) is 6.39. The van der Waals surface area contributed by atoms with E-state index in [4.69, 9.17) is 9.47 Å². The number of carbonyl (C=O) groups is 2. The first-order chi connectivity index (χ1) is 12.0. The third-order valence-electron chi connectivity index (χ3n) is 3.79. The Bertz CT molecular complexity index is 730. The van der Waals surface area contributed by atoms with Crippen molar-refractivity contribution in [3.05, 3.63) is 59.7 Å². The van der Waals surface area contributed by atoms with Gasteiger partial charge in [-0.1, -0.05) is 30.3 Å². The summed E-state index contributed by atoms with van der Waals surface area (Å²) in [5.41, 5.74) is 1.35. The summed E-state index contributed by atoms with van der Waals surface area (Å²) in [4.78, 5) is 23.7. The summed E-state index contributed by atoms with van der Waals surface area (Å²) in [6.45, 7) is 0. The SMILES string of the molecule is COc1ccc(OC)c(CCC(=O)NC(C(=O)O)c2ccccc2)c1. The number of hydrogen-bond acceptors (Lipinski definition) is 4. The third kappa shape index (κ3) is 4.97. The van der Waals surface area contributed by atoms with Gasteiger partial charge in [-0.3, -0.25) is 4.79 Å². The van der Waals surface area contributed by atoms with Crippen LogP contribution in [0.2, 0.25) is 0 Å². The molecule has 1 amide bonds. The van der Waals surface area contributed by atoms with E-state index in [1.807, 2.05) is 0 Å². The molecule has 25 heavy (non-hydrogen) atoms. The number of amides is 1. The van der Waals surface area contributed by atoms with E-state index in [1.54, 1.807) is 62.8 Å². The standard InChI is InChI=1S/C19H21NO5/c1-24-15-9-10-16(25-2)14(12-15)8-11-17(21)20-18(19(22)23)13-6-4-3-5-7-13/h3-7,9-10,12,18H,8,11H2,1-2H3,(H,20,21)(H,22,23). The second-order valence-electron chi connectivity index (χ2n) is 5.43. The summed E-state index contributed by atoms with van der Waals surface area (Å²) in [6, 6.07) is 12.9. The van der Waals surface area contributed by atoms with Crippen molar-refractivity contribution in [3.8, 4) is 11.5 Å². The van der Waals surface area contributed by atoms with Crippen LogP contribution in [0.5, 0.6) is 11.5 Å². The first-order valence-corrected chi connectivity index (χ1v) is 7.83. The number of nitrogens with one attached hydrogen (secondary N) is 1. The molecule has 132 valence electrons. The van der Waals surface area contributed by atoms with Gasteiger partial charge in [-0.15, -0.1) is 0 Å². The number of carboxylic acids is 1. The predicted octanol–water partition coefficient (Wildman–Crippen LogP) is 2.58. The van der Waals surface area contributed by atoms with Gasteiger partial charge in [0.1, 0.15) is 11.5 Å². The lowest BCUT2D eigenvalue weighted by Gasteiger charge is -2.15. The summed E-state index contributed by atoms with van der Waals surface area (Å²) in [6.07, 6.45) is 0.549. The molecule has 2 aromatic rings. The second-order valence-corrected chi connectivity index (χ2v) is 5.43. The Hall–Kier alpha value is -3.02. The van der Waals surface area contributed by atoms with Gasteiger partial charge in [0, 0.05) is 6.42 Å². The minimum Gasteiger partial charge on any atom is -0.497 e. The molecule has 1 atom stereocenters. The maximum Gasteiger partial charge on any atom is 0.330 e. The Morgan fingerprint density at radius 2 is 1.80 bits per heavy atom. The molecule has 6 nitrogen and oxygen atoms in total. The molecule has 0 bridgehead atoms. The van der Waals surface area contributed by atoms with E-state index in [9.17, 15) is 14.7 Å². The normalized spacial score (nSPS) is 11.4. The van der Waals surface area contributed by atoms with Crippen LogP contribution < -0.4 is 14.8 Å². The van der Waals surface area contributed by atoms with Crippen molar-refractivity contribution in [2.24, 2.45) is 0 Å². The van der Waals surface area contributed by atoms with Crippen molar-refractivity contribution in [1.82, 2.24) is 5.32 Å². The average Bonchev–Trinajstić information content (AvgIpc) is 2.64. The Labute approximate surface area is 146 Å². The molecule has 0 saturated heterocycles. The minimum absolute atomic E-state index is 0.139. The summed E-state index contributed by atoms with van der Waals surface area (Å²) in [5.74, 6) is -0.116. The Morgan fingerprint density at radius 3 is 2.40 bits per heavy atom. The van der Waals surface area contributed by atoms with Gasteiger partial charge in [-0.2, -0.15) is 0 Å². The van der Waals surface area contributed by atoms with E-state index in [2.05, 4.69) is 5.32 Å². The molecule has 0 aromatic heterocycles. The fourth-order valence-corrected chi connectivity index (χ4v) is 2.49. The molecule has 6 heteroatoms. The van der Waals surface area contributed by atoms with Crippen LogP contribution in [0.25, 0.3) is 0 Å². The number of carboxylic acid groups (broad SMARTS) is 1. The summed E-state index contributed by atoms with van der Waals surface area (Å²) < 4.78 is 10.5. The van der Waals surface area contributed by atoms with Crippen molar-refractivity contribution in [3.63, 3.8) is 0 Å². The van der Waals surface area contributed by atoms with Gasteiger partial charge < -0.3 is 19.9 Å². The summed E-state index contributed by atoms with van der Waals surface area (Å²) >= 11 is 0. The first kappa shape index (κ1) is 18.3. The number of hydrogen-bond donors (Lipinski definition) is 2. The van der Waals surface area contributed by atoms with E-state index in [0.717, 1.165) is 5.56 Å². The van der Waals surface area contributed by atoms with E-state index in [0.29, 0.717) is 23.5 Å². The van der Waals surface area contributed by atoms with Gasteiger partial charge in [0.15, 0.2) is 6.04 Å². The van der Waals surface area contributed by atoms with Crippen LogP contribution in [0.4, 0.5) is 0 Å². The van der Waals surface area contributed by atoms with Crippen LogP contribution in [0.15, 0.2) is 48.5 Å². The number of aryl methyl sites for hydroxylation is 1. The Morgan fingerprint density at radius 1 is 1.08 bits per heavy atom. The second kappa shape index (κ2) is 8.73. The number of carbonyl (C=O) groups excluding carboxylic acids is 1. The molecule has 0 aliphatic heterocycles. The number of ether oxygens (including phenoxy) is 2. The molecule has 0 aliphatic carbocycles. The summed E-state index contributed by atoms with van der Waals surface area (Å²) in [7, 11) is 3.12. The monoisotopic (exact) mass is 343 g/mol. The van der Waals surface area contributed by atoms with Gasteiger partial charge in [-0.05, 0) is 35.7 Å². The molecule has 2 N–H and O–H groups in total. The number of benzene rings is 2. The molecule has 0 saturated carbocycles. The first-order valence-electron chi connectivity index (χ1n) is 7.83. The maximum absolute atomic E-state index is 12.2. The largest absolute Gasteiger partial charge is 0.497 e. The lowest BCUT2D eigenvalue weighted by Crippen LogP contribution is -2.33. The highest BCUT2D eigenvalue weighted by atomic mass is 16.5. The zero-order valence-corrected chi connectivity index (χ0v) is 14.2. The van der Waals surface area contributed by atoms with E-state index >= 15 is 0 Å². The van der Waals surface area contributed by atoms with Gasteiger partial charge >= 0.3 is 5.97 Å². The molecular weight excluding hydrogens is 322 g/mol. The van der Waals surface area contributed by atoms with Gasteiger partial charge in [0.05, 0.1) is 14.2 Å². The van der Waals surface area contributed by atoms with Crippen molar-refractivity contribution >= 4 is 11.9 Å². The summed E-state index contributed by atoms with van der Waals surface area (Å²) in [5, 5.41) is 11.9. The molecule has 0 fully saturated rings. The molecule has 1 unspecified atom stereocenters. The molecule has 0 spiro atoms. The topological polar surface area (TPSA) is 84.9 Å². The van der Waals surface area contributed by atoms with Gasteiger partial charge in [0.25, 0.3) is 0 Å². The molecule has 0 radical (unpaired) electrons. The molecule has 2 aromatic carbocycles. The minimum atomic E-state index is -1.10. The highest BCUT2D eigenvalue weighted by Gasteiger charge is 2.21. The number of rotatable bonds is 8. The van der Waals surface area contributed by atoms with Crippen LogP contribution in [-0.2, 0) is 16.0 Å². The van der Waals surface area contributed by atoms with Gasteiger partial charge in [0.2, 0.25) is 5.91 Å². The van der Waals surface area contributed by atoms with Crippen LogP contribution >= 0.6 is 0 Å². The third-order valence-corrected chi connectivity index (χ3v) is 3.79. The maximum atomic E-state index is 12.2. The predicted molar refractivity (Wildman–Crippen MR) is 92.8 cm³/mol. The smallest absolute Gasteiger partial charge is 0.330 e. The zero-order valence-electron chi connectivity index (χ0n) is 14.2. The van der Waals surface area contributed by atoms with Crippen molar-refractivity contribution in [2.45, 2.75) is 18.9 Å². The van der Waals surface area contributed by atoms with Crippen LogP contribution in [0.3, 0.4) is 0 Å². The van der Waals surface area contributed by atoms with Crippen molar-refractivity contribution < 1.29 is 24.2 Å². The fourth-order valence-electron chi connectivity index (χ4n) is 2.49. The molecule has 0 heterocycles. The van der Waals surface area contributed by atoms with Crippen molar-refractivity contribution in [1.29, 1.82) is 0 Å². The lowest BCUT2D eigenvalue weighted by atomic mass is 10.1. The quantitative estimate of drug-likeness (QED) is 0.769. The Balaban J connectivity index is 2.03. The zero-order chi connectivity index (χ0) is 18.2. The fraction of sp³-hybridized carbons (Fsp3) is 0.263. The molecular formula is C19H21NO5. The van der Waals surface area contributed by atoms with E-state index < -0.39 is 12.0 Å². The van der Waals surface area contributed by atoms with Crippen LogP contribution in [-0.4, -0.2) is 31.2 Å². The van der Waals surface area contributed by atoms with Crippen molar-refractivity contribution in [2.75, 3.05) is 14.2 Å². The van der Waals surface area contributed by atoms with Crippen LogP contribution in [0.1, 0.15) is 23.6 Å². The molecule has 0 aliphatic rings. The lowest BCUT2D eigenvalue weighted by molar-refractivity contribution is -0.142. The number of methoxy groups -OCH3 is 2. The van der Waals surface area contributed by atoms with E-state index in [-0.39, 0.29) is 12.3 Å². The van der Waals surface area contributed by atoms with Crippen LogP contribution in [0, 0.1) is 0 Å². The average molecular weight is 343 g/mol. The van der Waals surface area contributed by atoms with E-state index in [1.165, 1.54) is 0 Å². The van der Waals surface area contributed by atoms with Gasteiger partial charge in [-0.25, -0.2) is 4.79 Å².